The van der Waals surface area contributed by atoms with Gasteiger partial charge in [-0.2, -0.15) is 0 Å². The minimum absolute atomic E-state index is 0.0457. The van der Waals surface area contributed by atoms with E-state index in [2.05, 4.69) is 11.9 Å². The number of anilines is 1. The van der Waals surface area contributed by atoms with Gasteiger partial charge in [-0.3, -0.25) is 14.5 Å². The Bertz CT molecular complexity index is 933. The number of esters is 1. The number of benzene rings is 1. The molecule has 0 saturated heterocycles. The number of fused-ring (bicyclic) bond motifs is 1. The molecule has 0 spiro atoms. The summed E-state index contributed by atoms with van der Waals surface area (Å²) in [5.41, 5.74) is 2.34. The Labute approximate surface area is 181 Å². The van der Waals surface area contributed by atoms with Crippen LogP contribution in [0.2, 0.25) is 0 Å². The van der Waals surface area contributed by atoms with Crippen LogP contribution in [0, 0.1) is 12.8 Å². The van der Waals surface area contributed by atoms with Gasteiger partial charge in [0, 0.05) is 10.9 Å². The van der Waals surface area contributed by atoms with Crippen LogP contribution in [0.5, 0.6) is 5.75 Å². The second-order valence-electron chi connectivity index (χ2n) is 8.25. The lowest BCUT2D eigenvalue weighted by molar-refractivity contribution is -0.150. The third-order valence-electron chi connectivity index (χ3n) is 5.89. The molecule has 1 unspecified atom stereocenters. The van der Waals surface area contributed by atoms with Gasteiger partial charge in [0.15, 0.2) is 6.10 Å². The maximum atomic E-state index is 13.0. The Morgan fingerprint density at radius 3 is 2.73 bits per heavy atom. The topological polar surface area (TPSA) is 68.7 Å². The zero-order chi connectivity index (χ0) is 21.3. The molecule has 0 bridgehead atoms. The van der Waals surface area contributed by atoms with E-state index in [1.54, 1.807) is 11.3 Å². The molecule has 0 radical (unpaired) electrons. The van der Waals surface area contributed by atoms with E-state index < -0.39 is 6.10 Å². The summed E-state index contributed by atoms with van der Waals surface area (Å²) in [5.74, 6) is 0.730. The molecule has 1 atom stereocenters. The second kappa shape index (κ2) is 8.76. The quantitative estimate of drug-likeness (QED) is 0.643. The number of aryl methyl sites for hydroxylation is 1. The van der Waals surface area contributed by atoms with E-state index in [1.165, 1.54) is 4.90 Å². The molecule has 4 rings (SSSR count). The maximum absolute atomic E-state index is 13.0. The highest BCUT2D eigenvalue weighted by Crippen LogP contribution is 2.38. The van der Waals surface area contributed by atoms with E-state index in [0.29, 0.717) is 23.8 Å². The van der Waals surface area contributed by atoms with E-state index in [0.717, 1.165) is 41.9 Å². The van der Waals surface area contributed by atoms with Crippen molar-refractivity contribution in [3.05, 3.63) is 28.6 Å². The molecular weight excluding hydrogens is 400 g/mol. The molecule has 160 valence electrons. The van der Waals surface area contributed by atoms with Crippen molar-refractivity contribution in [3.63, 3.8) is 0 Å². The Kier molecular flexibility index (Phi) is 6.09. The summed E-state index contributed by atoms with van der Waals surface area (Å²) in [4.78, 5) is 31.8. The third-order valence-corrected chi connectivity index (χ3v) is 6.67. The first kappa shape index (κ1) is 20.8. The minimum atomic E-state index is -0.590. The molecule has 6 nitrogen and oxygen atoms in total. The van der Waals surface area contributed by atoms with Crippen LogP contribution in [0.1, 0.15) is 51.0 Å². The average molecular weight is 429 g/mol. The average Bonchev–Trinajstić information content (AvgIpc) is 3.17. The molecule has 1 saturated carbocycles. The lowest BCUT2D eigenvalue weighted by Gasteiger charge is -2.34. The predicted molar refractivity (Wildman–Crippen MR) is 117 cm³/mol. The highest BCUT2D eigenvalue weighted by molar-refractivity contribution is 7.09. The molecule has 2 aliphatic rings. The second-order valence-corrected chi connectivity index (χ2v) is 9.31. The normalized spacial score (nSPS) is 23.6. The molecule has 2 heterocycles. The molecular formula is C23H28N2O4S. The van der Waals surface area contributed by atoms with E-state index in [4.69, 9.17) is 9.47 Å². The Hall–Kier alpha value is -2.41. The van der Waals surface area contributed by atoms with Gasteiger partial charge in [-0.25, -0.2) is 4.98 Å². The van der Waals surface area contributed by atoms with Gasteiger partial charge in [0.2, 0.25) is 0 Å². The van der Waals surface area contributed by atoms with Crippen LogP contribution in [0.3, 0.4) is 0 Å². The van der Waals surface area contributed by atoms with Crippen LogP contribution >= 0.6 is 11.3 Å². The lowest BCUT2D eigenvalue weighted by Crippen LogP contribution is -2.48. The summed E-state index contributed by atoms with van der Waals surface area (Å²) in [6, 6.07) is 5.67. The first-order valence-corrected chi connectivity index (χ1v) is 11.6. The monoisotopic (exact) mass is 428 g/mol. The highest BCUT2D eigenvalue weighted by Gasteiger charge is 2.35. The number of ether oxygens (including phenoxy) is 2. The third kappa shape index (κ3) is 4.36. The first-order chi connectivity index (χ1) is 14.4. The molecule has 1 aliphatic carbocycles. The smallest absolute Gasteiger partial charge is 0.326 e. The van der Waals surface area contributed by atoms with Crippen molar-refractivity contribution >= 4 is 28.9 Å². The van der Waals surface area contributed by atoms with Gasteiger partial charge in [-0.05, 0) is 63.1 Å². The summed E-state index contributed by atoms with van der Waals surface area (Å²) in [6.45, 7) is 5.99. The van der Waals surface area contributed by atoms with Crippen LogP contribution in [0.25, 0.3) is 11.3 Å². The van der Waals surface area contributed by atoms with Gasteiger partial charge in [0.05, 0.1) is 16.4 Å². The summed E-state index contributed by atoms with van der Waals surface area (Å²) < 4.78 is 11.6. The number of rotatable bonds is 5. The fourth-order valence-electron chi connectivity index (χ4n) is 4.10. The Balaban J connectivity index is 1.56. The lowest BCUT2D eigenvalue weighted by atomic mass is 9.89. The Morgan fingerprint density at radius 1 is 1.30 bits per heavy atom. The van der Waals surface area contributed by atoms with E-state index >= 15 is 0 Å². The largest absolute Gasteiger partial charge is 0.478 e. The predicted octanol–water partition coefficient (Wildman–Crippen LogP) is 4.74. The zero-order valence-corrected chi connectivity index (χ0v) is 18.5. The van der Waals surface area contributed by atoms with Gasteiger partial charge in [-0.15, -0.1) is 11.3 Å². The number of thiazole rings is 1. The molecule has 7 heteroatoms. The highest BCUT2D eigenvalue weighted by atomic mass is 32.1. The minimum Gasteiger partial charge on any atom is -0.478 e. The summed E-state index contributed by atoms with van der Waals surface area (Å²) in [7, 11) is 0. The van der Waals surface area contributed by atoms with Gasteiger partial charge < -0.3 is 9.47 Å². The van der Waals surface area contributed by atoms with Crippen LogP contribution in [-0.4, -0.2) is 35.6 Å². The van der Waals surface area contributed by atoms with Crippen molar-refractivity contribution < 1.29 is 19.1 Å². The molecule has 1 fully saturated rings. The SMILES string of the molecule is CCC1Oc2ccc(-c3csc(C)n3)cc2N(CC(=O)OC2CCC(C)CC2)C1=O. The number of nitrogens with zero attached hydrogens (tertiary/aromatic N) is 2. The number of carbonyl (C=O) groups excluding carboxylic acids is 2. The summed E-state index contributed by atoms with van der Waals surface area (Å²) in [5, 5.41) is 2.96. The molecule has 1 amide bonds. The number of carbonyl (C=O) groups is 2. The van der Waals surface area contributed by atoms with E-state index in [-0.39, 0.29) is 24.5 Å². The molecule has 1 aromatic heterocycles. The standard InChI is InChI=1S/C23H28N2O4S/c1-4-20-23(27)25(12-22(26)28-17-8-5-14(2)6-9-17)19-11-16(7-10-21(19)29-20)18-13-30-15(3)24-18/h7,10-11,13-14,17,20H,4-6,8-9,12H2,1-3H3. The van der Waals surface area contributed by atoms with Crippen molar-refractivity contribution in [2.45, 2.75) is 65.1 Å². The van der Waals surface area contributed by atoms with E-state index in [1.807, 2.05) is 37.4 Å². The van der Waals surface area contributed by atoms with Gasteiger partial charge in [-0.1, -0.05) is 13.8 Å². The van der Waals surface area contributed by atoms with Gasteiger partial charge in [0.1, 0.15) is 18.4 Å². The molecule has 2 aromatic rings. The fraction of sp³-hybridized carbons (Fsp3) is 0.522. The van der Waals surface area contributed by atoms with Gasteiger partial charge >= 0.3 is 5.97 Å². The van der Waals surface area contributed by atoms with Crippen molar-refractivity contribution in [3.8, 4) is 17.0 Å². The molecule has 30 heavy (non-hydrogen) atoms. The van der Waals surface area contributed by atoms with Crippen molar-refractivity contribution in [2.75, 3.05) is 11.4 Å². The van der Waals surface area contributed by atoms with Crippen LogP contribution in [-0.2, 0) is 14.3 Å². The first-order valence-electron chi connectivity index (χ1n) is 10.7. The fourth-order valence-corrected chi connectivity index (χ4v) is 4.72. The van der Waals surface area contributed by atoms with Crippen LogP contribution in [0.4, 0.5) is 5.69 Å². The number of aromatic nitrogens is 1. The van der Waals surface area contributed by atoms with Crippen molar-refractivity contribution in [1.29, 1.82) is 0 Å². The molecule has 1 aromatic carbocycles. The number of hydrogen-bond acceptors (Lipinski definition) is 6. The summed E-state index contributed by atoms with van der Waals surface area (Å²) >= 11 is 1.58. The number of hydrogen-bond donors (Lipinski definition) is 0. The summed E-state index contributed by atoms with van der Waals surface area (Å²) in [6.07, 6.45) is 3.84. The Morgan fingerprint density at radius 2 is 2.07 bits per heavy atom. The maximum Gasteiger partial charge on any atom is 0.326 e. The zero-order valence-electron chi connectivity index (χ0n) is 17.7. The molecule has 0 N–H and O–H groups in total. The number of amides is 1. The van der Waals surface area contributed by atoms with Crippen molar-refractivity contribution in [1.82, 2.24) is 4.98 Å². The van der Waals surface area contributed by atoms with E-state index in [9.17, 15) is 9.59 Å². The molecule has 1 aliphatic heterocycles. The van der Waals surface area contributed by atoms with Crippen LogP contribution in [0.15, 0.2) is 23.6 Å². The van der Waals surface area contributed by atoms with Gasteiger partial charge in [0.25, 0.3) is 5.91 Å². The van der Waals surface area contributed by atoms with Crippen LogP contribution < -0.4 is 9.64 Å². The van der Waals surface area contributed by atoms with Crippen molar-refractivity contribution in [2.24, 2.45) is 5.92 Å².